The first kappa shape index (κ1) is 26.2. The zero-order valence-electron chi connectivity index (χ0n) is 18.5. The molecule has 2 rings (SSSR count). The van der Waals surface area contributed by atoms with Gasteiger partial charge in [-0.3, -0.25) is 9.89 Å². The van der Waals surface area contributed by atoms with Crippen LogP contribution < -0.4 is 4.74 Å². The van der Waals surface area contributed by atoms with Gasteiger partial charge in [-0.05, 0) is 38.5 Å². The highest BCUT2D eigenvalue weighted by molar-refractivity contribution is 6.32. The largest absolute Gasteiger partial charge is 0.573 e. The number of alkyl halides is 3. The lowest BCUT2D eigenvalue weighted by molar-refractivity contribution is -0.274. The number of rotatable bonds is 8. The van der Waals surface area contributed by atoms with Crippen molar-refractivity contribution in [2.75, 3.05) is 13.7 Å². The van der Waals surface area contributed by atoms with E-state index >= 15 is 0 Å². The second kappa shape index (κ2) is 10.7. The number of benzene rings is 1. The van der Waals surface area contributed by atoms with Crippen molar-refractivity contribution in [2.24, 2.45) is 0 Å². The summed E-state index contributed by atoms with van der Waals surface area (Å²) >= 11 is 5.91. The van der Waals surface area contributed by atoms with Crippen molar-refractivity contribution in [3.63, 3.8) is 0 Å². The molecule has 1 N–H and O–H groups in total. The maximum Gasteiger partial charge on any atom is 0.573 e. The molecule has 0 aliphatic rings. The lowest BCUT2D eigenvalue weighted by Crippen LogP contribution is -2.37. The summed E-state index contributed by atoms with van der Waals surface area (Å²) in [5, 5.41) is 6.38. The molecule has 0 saturated heterocycles. The van der Waals surface area contributed by atoms with Gasteiger partial charge in [0.25, 0.3) is 0 Å². The Kier molecular flexibility index (Phi) is 8.53. The van der Waals surface area contributed by atoms with Gasteiger partial charge in [-0.25, -0.2) is 9.78 Å². The third-order valence-corrected chi connectivity index (χ3v) is 4.27. The van der Waals surface area contributed by atoms with E-state index in [4.69, 9.17) is 16.3 Å². The average Bonchev–Trinajstić information content (AvgIpc) is 3.11. The number of aromatic amines is 1. The number of nitrogens with zero attached hydrogens (tertiary/aromatic N) is 3. The van der Waals surface area contributed by atoms with E-state index in [-0.39, 0.29) is 31.0 Å². The van der Waals surface area contributed by atoms with Crippen molar-refractivity contribution in [3.8, 4) is 5.75 Å². The first-order valence-electron chi connectivity index (χ1n) is 9.75. The van der Waals surface area contributed by atoms with Crippen LogP contribution in [0.25, 0.3) is 0 Å². The number of amides is 1. The number of ether oxygens (including phenoxy) is 3. The number of methoxy groups -OCH3 is 1. The van der Waals surface area contributed by atoms with Gasteiger partial charge in [-0.2, -0.15) is 5.10 Å². The highest BCUT2D eigenvalue weighted by Gasteiger charge is 2.32. The van der Waals surface area contributed by atoms with E-state index in [0.29, 0.717) is 17.2 Å². The molecule has 2 aromatic rings. The summed E-state index contributed by atoms with van der Waals surface area (Å²) in [5.41, 5.74) is -0.308. The first-order chi connectivity index (χ1) is 15.3. The Hall–Kier alpha value is -3.02. The SMILES string of the molecule is COC(=O)Cc1nc(CCN(Cc2ccc(OC(F)(F)F)c(Cl)c2)C(=O)OC(C)(C)C)n[nH]1. The van der Waals surface area contributed by atoms with Crippen LogP contribution in [0.1, 0.15) is 38.0 Å². The molecule has 0 aliphatic carbocycles. The Morgan fingerprint density at radius 1 is 1.21 bits per heavy atom. The molecule has 0 aliphatic heterocycles. The number of hydrogen-bond acceptors (Lipinski definition) is 7. The molecule has 1 aromatic carbocycles. The van der Waals surface area contributed by atoms with Gasteiger partial charge in [0.05, 0.1) is 12.1 Å². The van der Waals surface area contributed by atoms with Crippen molar-refractivity contribution in [2.45, 2.75) is 52.1 Å². The Bertz CT molecular complexity index is 975. The predicted molar refractivity (Wildman–Crippen MR) is 111 cm³/mol. The quantitative estimate of drug-likeness (QED) is 0.554. The molecule has 0 spiro atoms. The van der Waals surface area contributed by atoms with Gasteiger partial charge in [-0.15, -0.1) is 13.2 Å². The van der Waals surface area contributed by atoms with Crippen LogP contribution in [0.3, 0.4) is 0 Å². The lowest BCUT2D eigenvalue weighted by Gasteiger charge is -2.27. The molecular weight excluding hydrogens is 469 g/mol. The summed E-state index contributed by atoms with van der Waals surface area (Å²) in [6.07, 6.45) is -5.37. The standard InChI is InChI=1S/C20H24ClF3N4O5/c1-19(2,3)33-18(30)28(8-7-15-25-16(27-26-15)10-17(29)31-4)11-12-5-6-14(13(21)9-12)32-20(22,23)24/h5-6,9H,7-8,10-11H2,1-4H3,(H,25,26,27). The van der Waals surface area contributed by atoms with Crippen LogP contribution in [0.5, 0.6) is 5.75 Å². The molecular formula is C20H24ClF3N4O5. The number of carbonyl (C=O) groups excluding carboxylic acids is 2. The number of hydrogen-bond donors (Lipinski definition) is 1. The Labute approximate surface area is 193 Å². The zero-order valence-corrected chi connectivity index (χ0v) is 19.2. The molecule has 0 radical (unpaired) electrons. The Morgan fingerprint density at radius 2 is 1.91 bits per heavy atom. The Balaban J connectivity index is 2.13. The molecule has 9 nitrogen and oxygen atoms in total. The number of halogens is 4. The van der Waals surface area contributed by atoms with E-state index in [1.54, 1.807) is 20.8 Å². The number of nitrogens with one attached hydrogen (secondary N) is 1. The van der Waals surface area contributed by atoms with Gasteiger partial charge in [-0.1, -0.05) is 17.7 Å². The van der Waals surface area contributed by atoms with E-state index in [1.807, 2.05) is 0 Å². The van der Waals surface area contributed by atoms with Gasteiger partial charge in [0.15, 0.2) is 5.82 Å². The summed E-state index contributed by atoms with van der Waals surface area (Å²) in [7, 11) is 1.26. The highest BCUT2D eigenvalue weighted by Crippen LogP contribution is 2.31. The summed E-state index contributed by atoms with van der Waals surface area (Å²) < 4.78 is 51.2. The van der Waals surface area contributed by atoms with Gasteiger partial charge < -0.3 is 19.1 Å². The van der Waals surface area contributed by atoms with Crippen LogP contribution in [-0.2, 0) is 33.7 Å². The Morgan fingerprint density at radius 3 is 2.48 bits per heavy atom. The zero-order chi connectivity index (χ0) is 24.8. The van der Waals surface area contributed by atoms with Crippen molar-refractivity contribution >= 4 is 23.7 Å². The minimum atomic E-state index is -4.88. The van der Waals surface area contributed by atoms with Crippen LogP contribution in [0.15, 0.2) is 18.2 Å². The van der Waals surface area contributed by atoms with Crippen LogP contribution in [-0.4, -0.2) is 57.8 Å². The van der Waals surface area contributed by atoms with E-state index in [9.17, 15) is 22.8 Å². The summed E-state index contributed by atoms with van der Waals surface area (Å²) in [5.74, 6) is -0.361. The second-order valence-corrected chi connectivity index (χ2v) is 8.32. The van der Waals surface area contributed by atoms with Crippen LogP contribution in [0, 0.1) is 0 Å². The van der Waals surface area contributed by atoms with Gasteiger partial charge >= 0.3 is 18.4 Å². The minimum absolute atomic E-state index is 0.000369. The average molecular weight is 493 g/mol. The van der Waals surface area contributed by atoms with Crippen molar-refractivity contribution in [1.29, 1.82) is 0 Å². The van der Waals surface area contributed by atoms with Gasteiger partial charge in [0.1, 0.15) is 23.6 Å². The third-order valence-electron chi connectivity index (χ3n) is 3.97. The molecule has 0 atom stereocenters. The normalized spacial score (nSPS) is 11.8. The number of esters is 1. The summed E-state index contributed by atoms with van der Waals surface area (Å²) in [6, 6.07) is 3.72. The molecule has 0 bridgehead atoms. The van der Waals surface area contributed by atoms with Crippen molar-refractivity contribution < 1.29 is 37.0 Å². The van der Waals surface area contributed by atoms with Crippen molar-refractivity contribution in [3.05, 3.63) is 40.4 Å². The lowest BCUT2D eigenvalue weighted by atomic mass is 10.2. The van der Waals surface area contributed by atoms with E-state index in [2.05, 4.69) is 24.7 Å². The molecule has 1 aromatic heterocycles. The third kappa shape index (κ3) is 9.16. The fourth-order valence-corrected chi connectivity index (χ4v) is 2.84. The monoisotopic (exact) mass is 492 g/mol. The molecule has 0 unspecified atom stereocenters. The molecule has 1 heterocycles. The number of aromatic nitrogens is 3. The highest BCUT2D eigenvalue weighted by atomic mass is 35.5. The smallest absolute Gasteiger partial charge is 0.469 e. The second-order valence-electron chi connectivity index (χ2n) is 7.92. The fourth-order valence-electron chi connectivity index (χ4n) is 2.60. The maximum atomic E-state index is 12.7. The summed E-state index contributed by atoms with van der Waals surface area (Å²) in [4.78, 5) is 29.6. The van der Waals surface area contributed by atoms with Gasteiger partial charge in [0, 0.05) is 19.5 Å². The topological polar surface area (TPSA) is 107 Å². The van der Waals surface area contributed by atoms with E-state index in [1.165, 1.54) is 24.1 Å². The molecule has 0 saturated carbocycles. The van der Waals surface area contributed by atoms with Crippen LogP contribution in [0.4, 0.5) is 18.0 Å². The van der Waals surface area contributed by atoms with Crippen LogP contribution >= 0.6 is 11.6 Å². The fraction of sp³-hybridized carbons (Fsp3) is 0.500. The molecule has 0 fully saturated rings. The molecule has 182 valence electrons. The minimum Gasteiger partial charge on any atom is -0.469 e. The van der Waals surface area contributed by atoms with Gasteiger partial charge in [0.2, 0.25) is 0 Å². The summed E-state index contributed by atoms with van der Waals surface area (Å²) in [6.45, 7) is 5.25. The molecule has 1 amide bonds. The van der Waals surface area contributed by atoms with Crippen LogP contribution in [0.2, 0.25) is 5.02 Å². The van der Waals surface area contributed by atoms with Crippen molar-refractivity contribution in [1.82, 2.24) is 20.1 Å². The predicted octanol–water partition coefficient (Wildman–Crippen LogP) is 4.05. The molecule has 13 heteroatoms. The maximum absolute atomic E-state index is 12.7. The van der Waals surface area contributed by atoms with E-state index < -0.39 is 29.8 Å². The van der Waals surface area contributed by atoms with E-state index in [0.717, 1.165) is 6.07 Å². The number of carbonyl (C=O) groups is 2. The molecule has 33 heavy (non-hydrogen) atoms. The number of H-pyrrole nitrogens is 1. The first-order valence-corrected chi connectivity index (χ1v) is 10.1.